The number of piperidine rings is 1. The van der Waals surface area contributed by atoms with E-state index >= 15 is 0 Å². The molecule has 2 fully saturated rings. The molecular formula is C23H25F2N9O. The second kappa shape index (κ2) is 8.77. The monoisotopic (exact) mass is 481 g/mol. The van der Waals surface area contributed by atoms with E-state index in [1.807, 2.05) is 0 Å². The van der Waals surface area contributed by atoms with Crippen LogP contribution in [-0.2, 0) is 0 Å². The highest BCUT2D eigenvalue weighted by Gasteiger charge is 2.33. The molecule has 6 rings (SSSR count). The number of rotatable bonds is 5. The van der Waals surface area contributed by atoms with Crippen LogP contribution in [0.1, 0.15) is 12.8 Å². The summed E-state index contributed by atoms with van der Waals surface area (Å²) in [6, 6.07) is 7.62. The number of hydrogen-bond acceptors (Lipinski definition) is 9. The van der Waals surface area contributed by atoms with Crippen molar-refractivity contribution in [1.29, 1.82) is 0 Å². The number of anilines is 3. The second-order valence-corrected chi connectivity index (χ2v) is 9.08. The summed E-state index contributed by atoms with van der Waals surface area (Å²) >= 11 is 0. The third-order valence-electron chi connectivity index (χ3n) is 6.74. The van der Waals surface area contributed by atoms with Crippen LogP contribution in [0, 0.1) is 17.6 Å². The second-order valence-electron chi connectivity index (χ2n) is 9.08. The highest BCUT2D eigenvalue weighted by molar-refractivity contribution is 5.52. The van der Waals surface area contributed by atoms with E-state index < -0.39 is 11.6 Å². The number of fused-ring (bicyclic) bond motifs is 2. The zero-order valence-corrected chi connectivity index (χ0v) is 18.9. The van der Waals surface area contributed by atoms with Gasteiger partial charge in [0.05, 0.1) is 6.26 Å². The molecule has 2 aliphatic rings. The fourth-order valence-electron chi connectivity index (χ4n) is 5.01. The van der Waals surface area contributed by atoms with Gasteiger partial charge in [0.15, 0.2) is 5.76 Å². The molecule has 35 heavy (non-hydrogen) atoms. The summed E-state index contributed by atoms with van der Waals surface area (Å²) in [4.78, 5) is 17.7. The van der Waals surface area contributed by atoms with Crippen molar-refractivity contribution < 1.29 is 13.2 Å². The van der Waals surface area contributed by atoms with Gasteiger partial charge >= 0.3 is 0 Å². The Hall–Kier alpha value is -3.80. The first-order chi connectivity index (χ1) is 17.0. The van der Waals surface area contributed by atoms with E-state index in [2.05, 4.69) is 35.2 Å². The maximum Gasteiger partial charge on any atom is 0.259 e. The van der Waals surface area contributed by atoms with Gasteiger partial charge in [-0.25, -0.2) is 8.78 Å². The van der Waals surface area contributed by atoms with E-state index in [0.717, 1.165) is 45.1 Å². The zero-order valence-electron chi connectivity index (χ0n) is 18.9. The smallest absolute Gasteiger partial charge is 0.259 e. The number of nitrogens with two attached hydrogens (primary N) is 1. The number of nitrogen functional groups attached to an aromatic ring is 1. The van der Waals surface area contributed by atoms with Gasteiger partial charge < -0.3 is 20.4 Å². The number of nitrogens with one attached hydrogen (secondary N) is 1. The Labute approximate surface area is 199 Å². The van der Waals surface area contributed by atoms with E-state index in [0.29, 0.717) is 47.5 Å². The summed E-state index contributed by atoms with van der Waals surface area (Å²) in [6.45, 7) is 4.00. The molecule has 0 spiro atoms. The van der Waals surface area contributed by atoms with Crippen LogP contribution in [0.25, 0.3) is 17.4 Å². The van der Waals surface area contributed by atoms with Gasteiger partial charge in [0.25, 0.3) is 5.78 Å². The SMILES string of the molecule is Nc1nc(NC[C@@H]2CC[C@@H]3CN(c4cc(F)cc(F)c4)CCN3C2)nc2nc(-c3ccco3)nn12. The summed E-state index contributed by atoms with van der Waals surface area (Å²) < 4.78 is 34.0. The van der Waals surface area contributed by atoms with Crippen molar-refractivity contribution in [3.63, 3.8) is 0 Å². The Bertz CT molecular complexity index is 1320. The molecule has 3 aromatic heterocycles. The number of furan rings is 1. The quantitative estimate of drug-likeness (QED) is 0.444. The minimum atomic E-state index is -0.540. The Morgan fingerprint density at radius 3 is 2.71 bits per heavy atom. The maximum absolute atomic E-state index is 13.7. The van der Waals surface area contributed by atoms with Crippen LogP contribution in [0.2, 0.25) is 0 Å². The molecule has 0 bridgehead atoms. The van der Waals surface area contributed by atoms with Crippen LogP contribution < -0.4 is 16.0 Å². The molecule has 2 aliphatic heterocycles. The highest BCUT2D eigenvalue weighted by atomic mass is 19.1. The molecule has 0 saturated carbocycles. The Morgan fingerprint density at radius 2 is 1.91 bits per heavy atom. The van der Waals surface area contributed by atoms with E-state index in [1.165, 1.54) is 16.6 Å². The molecule has 3 N–H and O–H groups in total. The van der Waals surface area contributed by atoms with Crippen LogP contribution in [0.5, 0.6) is 0 Å². The molecule has 1 aromatic carbocycles. The fraction of sp³-hybridized carbons (Fsp3) is 0.391. The summed E-state index contributed by atoms with van der Waals surface area (Å²) in [5.74, 6) is 1.21. The topological polar surface area (TPSA) is 114 Å². The lowest BCUT2D eigenvalue weighted by Crippen LogP contribution is -2.57. The molecule has 4 aromatic rings. The molecule has 10 nitrogen and oxygen atoms in total. The molecular weight excluding hydrogens is 456 g/mol. The maximum atomic E-state index is 13.7. The van der Waals surface area contributed by atoms with Crippen molar-refractivity contribution >= 4 is 23.4 Å². The molecule has 5 heterocycles. The van der Waals surface area contributed by atoms with Crippen LogP contribution >= 0.6 is 0 Å². The molecule has 0 aliphatic carbocycles. The summed E-state index contributed by atoms with van der Waals surface area (Å²) in [5, 5.41) is 7.62. The third kappa shape index (κ3) is 4.36. The van der Waals surface area contributed by atoms with Gasteiger partial charge in [-0.3, -0.25) is 4.90 Å². The summed E-state index contributed by atoms with van der Waals surface area (Å²) in [7, 11) is 0. The number of hydrogen-bond donors (Lipinski definition) is 2. The predicted molar refractivity (Wildman–Crippen MR) is 126 cm³/mol. The third-order valence-corrected chi connectivity index (χ3v) is 6.74. The van der Waals surface area contributed by atoms with Crippen molar-refractivity contribution in [3.05, 3.63) is 48.2 Å². The first-order valence-corrected chi connectivity index (χ1v) is 11.6. The fourth-order valence-corrected chi connectivity index (χ4v) is 5.01. The minimum Gasteiger partial charge on any atom is -0.461 e. The molecule has 0 amide bonds. The van der Waals surface area contributed by atoms with Crippen molar-refractivity contribution in [2.24, 2.45) is 5.92 Å². The lowest BCUT2D eigenvalue weighted by Gasteiger charge is -2.47. The van der Waals surface area contributed by atoms with E-state index in [9.17, 15) is 8.78 Å². The van der Waals surface area contributed by atoms with Gasteiger partial charge in [-0.2, -0.15) is 19.5 Å². The van der Waals surface area contributed by atoms with Crippen molar-refractivity contribution in [2.75, 3.05) is 48.7 Å². The van der Waals surface area contributed by atoms with Crippen molar-refractivity contribution in [3.8, 4) is 11.6 Å². The minimum absolute atomic E-state index is 0.191. The van der Waals surface area contributed by atoms with Gasteiger partial charge in [0.1, 0.15) is 11.6 Å². The molecule has 0 unspecified atom stereocenters. The number of halogens is 2. The van der Waals surface area contributed by atoms with Crippen molar-refractivity contribution in [2.45, 2.75) is 18.9 Å². The Morgan fingerprint density at radius 1 is 1.06 bits per heavy atom. The van der Waals surface area contributed by atoms with Gasteiger partial charge in [-0.15, -0.1) is 5.10 Å². The van der Waals surface area contributed by atoms with E-state index in [1.54, 1.807) is 18.4 Å². The van der Waals surface area contributed by atoms with Crippen LogP contribution in [0.4, 0.5) is 26.4 Å². The predicted octanol–water partition coefficient (Wildman–Crippen LogP) is 2.65. The zero-order chi connectivity index (χ0) is 23.9. The average molecular weight is 482 g/mol. The lowest BCUT2D eigenvalue weighted by molar-refractivity contribution is 0.0998. The molecule has 182 valence electrons. The molecule has 12 heteroatoms. The summed E-state index contributed by atoms with van der Waals surface area (Å²) in [6.07, 6.45) is 3.60. The molecule has 2 atom stereocenters. The first kappa shape index (κ1) is 21.7. The highest BCUT2D eigenvalue weighted by Crippen LogP contribution is 2.28. The first-order valence-electron chi connectivity index (χ1n) is 11.6. The van der Waals surface area contributed by atoms with Gasteiger partial charge in [0.2, 0.25) is 17.7 Å². The van der Waals surface area contributed by atoms with Crippen LogP contribution in [0.15, 0.2) is 41.0 Å². The standard InChI is InChI=1S/C23H25F2N9O/c24-15-8-16(25)10-18(9-15)33-6-5-32-12-14(3-4-17(32)13-33)11-27-22-29-21(26)34-23(30-22)28-20(31-34)19-2-1-7-35-19/h1-2,7-10,14,17H,3-6,11-13H2,(H3,26,27,28,29,30,31)/t14-,17+/m0/s1. The van der Waals surface area contributed by atoms with Gasteiger partial charge in [-0.05, 0) is 43.0 Å². The number of nitrogens with zero attached hydrogens (tertiary/aromatic N) is 7. The van der Waals surface area contributed by atoms with Crippen LogP contribution in [0.3, 0.4) is 0 Å². The Kier molecular flexibility index (Phi) is 5.44. The molecule has 0 radical (unpaired) electrons. The number of piperazine rings is 1. The van der Waals surface area contributed by atoms with E-state index in [4.69, 9.17) is 10.2 Å². The summed E-state index contributed by atoms with van der Waals surface area (Å²) in [5.41, 5.74) is 6.69. The average Bonchev–Trinajstić information content (AvgIpc) is 3.52. The Balaban J connectivity index is 1.08. The number of aromatic nitrogens is 5. The normalized spacial score (nSPS) is 20.8. The van der Waals surface area contributed by atoms with Gasteiger partial charge in [0, 0.05) is 50.5 Å². The number of benzene rings is 1. The van der Waals surface area contributed by atoms with Crippen LogP contribution in [-0.4, -0.2) is 68.2 Å². The molecule has 2 saturated heterocycles. The van der Waals surface area contributed by atoms with Crippen molar-refractivity contribution in [1.82, 2.24) is 29.5 Å². The largest absolute Gasteiger partial charge is 0.461 e. The lowest BCUT2D eigenvalue weighted by atomic mass is 9.91. The van der Waals surface area contributed by atoms with Gasteiger partial charge in [-0.1, -0.05) is 0 Å². The van der Waals surface area contributed by atoms with E-state index in [-0.39, 0.29) is 5.95 Å².